The number of anilines is 1. The monoisotopic (exact) mass is 370 g/mol. The van der Waals surface area contributed by atoms with Crippen molar-refractivity contribution in [3.8, 4) is 5.69 Å². The van der Waals surface area contributed by atoms with Gasteiger partial charge in [-0.1, -0.05) is 0 Å². The summed E-state index contributed by atoms with van der Waals surface area (Å²) in [7, 11) is 2.14. The lowest BCUT2D eigenvalue weighted by Crippen LogP contribution is -2.17. The third kappa shape index (κ3) is 4.37. The highest BCUT2D eigenvalue weighted by atomic mass is 19.4. The molecule has 1 aromatic carbocycles. The molecule has 0 saturated heterocycles. The maximum atomic E-state index is 13.0. The van der Waals surface area contributed by atoms with Crippen LogP contribution in [0.3, 0.4) is 0 Å². The predicted molar refractivity (Wildman–Crippen MR) is 82.1 cm³/mol. The smallest absolute Gasteiger partial charge is 0.416 e. The molecule has 26 heavy (non-hydrogen) atoms. The molecule has 8 nitrogen and oxygen atoms in total. The molecule has 0 atom stereocenters. The van der Waals surface area contributed by atoms with Crippen molar-refractivity contribution >= 4 is 17.6 Å². The fourth-order valence-electron chi connectivity index (χ4n) is 1.92. The minimum Gasteiger partial charge on any atom is -0.466 e. The van der Waals surface area contributed by atoms with E-state index in [4.69, 9.17) is 0 Å². The number of methoxy groups -OCH3 is 2. The minimum absolute atomic E-state index is 0.147. The highest BCUT2D eigenvalue weighted by molar-refractivity contribution is 5.99. The van der Waals surface area contributed by atoms with Crippen molar-refractivity contribution in [1.29, 1.82) is 0 Å². The second-order valence-electron chi connectivity index (χ2n) is 4.77. The van der Waals surface area contributed by atoms with Gasteiger partial charge in [0.1, 0.15) is 18.4 Å². The van der Waals surface area contributed by atoms with Crippen molar-refractivity contribution in [2.45, 2.75) is 6.18 Å². The first-order valence-corrected chi connectivity index (χ1v) is 6.97. The van der Waals surface area contributed by atoms with Gasteiger partial charge in [0.05, 0.1) is 37.2 Å². The molecule has 1 aromatic heterocycles. The van der Waals surface area contributed by atoms with Crippen LogP contribution in [0.25, 0.3) is 5.69 Å². The molecule has 2 rings (SSSR count). The zero-order valence-corrected chi connectivity index (χ0v) is 13.6. The van der Waals surface area contributed by atoms with Crippen molar-refractivity contribution in [3.05, 3.63) is 48.2 Å². The van der Waals surface area contributed by atoms with E-state index in [-0.39, 0.29) is 11.4 Å². The first-order chi connectivity index (χ1) is 12.3. The van der Waals surface area contributed by atoms with E-state index in [9.17, 15) is 22.8 Å². The van der Waals surface area contributed by atoms with Crippen LogP contribution < -0.4 is 5.32 Å². The molecule has 1 N–H and O–H groups in total. The summed E-state index contributed by atoms with van der Waals surface area (Å²) >= 11 is 0. The first-order valence-electron chi connectivity index (χ1n) is 6.97. The van der Waals surface area contributed by atoms with Gasteiger partial charge in [-0.25, -0.2) is 19.3 Å². The fraction of sp³-hybridized carbons (Fsp3) is 0.200. The van der Waals surface area contributed by atoms with E-state index in [1.54, 1.807) is 0 Å². The Morgan fingerprint density at radius 1 is 1.23 bits per heavy atom. The Balaban J connectivity index is 2.55. The van der Waals surface area contributed by atoms with E-state index in [1.807, 2.05) is 0 Å². The number of aromatic nitrogens is 3. The standard InChI is InChI=1S/C15H13F3N4O4/c1-25-13(23)6-11(14(24)26-2)21-10-5-9(15(16,17)18)3-4-12(10)22-8-19-7-20-22/h3-8,21H,1-2H3/b11-6+. The number of carbonyl (C=O) groups is 2. The molecule has 0 aliphatic heterocycles. The molecular weight excluding hydrogens is 357 g/mol. The highest BCUT2D eigenvalue weighted by Gasteiger charge is 2.31. The number of hydrogen-bond acceptors (Lipinski definition) is 7. The zero-order chi connectivity index (χ0) is 19.3. The summed E-state index contributed by atoms with van der Waals surface area (Å²) in [4.78, 5) is 27.0. The van der Waals surface area contributed by atoms with Crippen molar-refractivity contribution in [2.75, 3.05) is 19.5 Å². The van der Waals surface area contributed by atoms with Crippen LogP contribution in [0.15, 0.2) is 42.6 Å². The summed E-state index contributed by atoms with van der Waals surface area (Å²) in [6.45, 7) is 0. The van der Waals surface area contributed by atoms with E-state index in [2.05, 4.69) is 24.9 Å². The van der Waals surface area contributed by atoms with Gasteiger partial charge in [0.25, 0.3) is 0 Å². The minimum atomic E-state index is -4.62. The molecule has 0 fully saturated rings. The van der Waals surface area contributed by atoms with Crippen LogP contribution in [0.5, 0.6) is 0 Å². The van der Waals surface area contributed by atoms with Gasteiger partial charge in [-0.2, -0.15) is 18.3 Å². The summed E-state index contributed by atoms with van der Waals surface area (Å²) in [5.41, 5.74) is -1.37. The van der Waals surface area contributed by atoms with Gasteiger partial charge in [-0.05, 0) is 18.2 Å². The van der Waals surface area contributed by atoms with E-state index in [0.717, 1.165) is 38.5 Å². The molecule has 11 heteroatoms. The fourth-order valence-corrected chi connectivity index (χ4v) is 1.92. The molecule has 138 valence electrons. The number of ether oxygens (including phenoxy) is 2. The largest absolute Gasteiger partial charge is 0.466 e. The maximum absolute atomic E-state index is 13.0. The Morgan fingerprint density at radius 3 is 2.50 bits per heavy atom. The Labute approximate surface area is 145 Å². The first kappa shape index (κ1) is 19.0. The summed E-state index contributed by atoms with van der Waals surface area (Å²) in [5, 5.41) is 6.31. The van der Waals surface area contributed by atoms with E-state index in [1.165, 1.54) is 17.3 Å². The third-order valence-corrected chi connectivity index (χ3v) is 3.13. The van der Waals surface area contributed by atoms with E-state index >= 15 is 0 Å². The van der Waals surface area contributed by atoms with Crippen molar-refractivity contribution in [3.63, 3.8) is 0 Å². The second kappa shape index (κ2) is 7.68. The molecule has 0 radical (unpaired) electrons. The van der Waals surface area contributed by atoms with Crippen LogP contribution in [-0.2, 0) is 25.2 Å². The number of esters is 2. The number of carbonyl (C=O) groups excluding carboxylic acids is 2. The Kier molecular flexibility index (Phi) is 5.60. The summed E-state index contributed by atoms with van der Waals surface area (Å²) in [6.07, 6.45) is -1.41. The van der Waals surface area contributed by atoms with Crippen LogP contribution in [0, 0.1) is 0 Å². The number of hydrogen-bond donors (Lipinski definition) is 1. The lowest BCUT2D eigenvalue weighted by atomic mass is 10.1. The summed E-state index contributed by atoms with van der Waals surface area (Å²) in [6, 6.07) is 2.77. The quantitative estimate of drug-likeness (QED) is 0.635. The molecule has 0 spiro atoms. The molecule has 0 saturated carbocycles. The summed E-state index contributed by atoms with van der Waals surface area (Å²) in [5.74, 6) is -1.87. The van der Waals surface area contributed by atoms with Gasteiger partial charge in [0, 0.05) is 0 Å². The molecule has 2 aromatic rings. The second-order valence-corrected chi connectivity index (χ2v) is 4.77. The topological polar surface area (TPSA) is 95.3 Å². The zero-order valence-electron chi connectivity index (χ0n) is 13.6. The summed E-state index contributed by atoms with van der Waals surface area (Å²) < 4.78 is 49.2. The lowest BCUT2D eigenvalue weighted by Gasteiger charge is -2.16. The van der Waals surface area contributed by atoms with Gasteiger partial charge >= 0.3 is 18.1 Å². The molecule has 0 aliphatic carbocycles. The van der Waals surface area contributed by atoms with E-state index < -0.39 is 29.4 Å². The van der Waals surface area contributed by atoms with E-state index in [0.29, 0.717) is 0 Å². The molecule has 0 bridgehead atoms. The van der Waals surface area contributed by atoms with Crippen LogP contribution in [0.2, 0.25) is 0 Å². The number of nitrogens with one attached hydrogen (secondary N) is 1. The normalized spacial score (nSPS) is 11.8. The van der Waals surface area contributed by atoms with Crippen molar-refractivity contribution in [2.24, 2.45) is 0 Å². The molecule has 0 aliphatic rings. The van der Waals surface area contributed by atoms with Crippen LogP contribution in [-0.4, -0.2) is 40.9 Å². The van der Waals surface area contributed by atoms with Crippen molar-refractivity contribution in [1.82, 2.24) is 14.8 Å². The Bertz CT molecular complexity index is 832. The SMILES string of the molecule is COC(=O)/C=C(/Nc1cc(C(F)(F)F)ccc1-n1cncn1)C(=O)OC. The molecule has 0 unspecified atom stereocenters. The van der Waals surface area contributed by atoms with Gasteiger partial charge in [0.15, 0.2) is 0 Å². The van der Waals surface area contributed by atoms with Gasteiger partial charge < -0.3 is 14.8 Å². The third-order valence-electron chi connectivity index (χ3n) is 3.13. The number of halogens is 3. The van der Waals surface area contributed by atoms with Gasteiger partial charge in [-0.3, -0.25) is 0 Å². The van der Waals surface area contributed by atoms with Crippen LogP contribution in [0.4, 0.5) is 18.9 Å². The Morgan fingerprint density at radius 2 is 1.96 bits per heavy atom. The molecular formula is C15H13F3N4O4. The van der Waals surface area contributed by atoms with Crippen LogP contribution in [0.1, 0.15) is 5.56 Å². The maximum Gasteiger partial charge on any atom is 0.416 e. The Hall–Kier alpha value is -3.37. The average Bonchev–Trinajstić information content (AvgIpc) is 3.13. The van der Waals surface area contributed by atoms with Gasteiger partial charge in [-0.15, -0.1) is 0 Å². The lowest BCUT2D eigenvalue weighted by molar-refractivity contribution is -0.138. The average molecular weight is 370 g/mol. The number of rotatable bonds is 5. The predicted octanol–water partition coefficient (Wildman–Crippen LogP) is 1.93. The number of nitrogens with zero attached hydrogens (tertiary/aromatic N) is 3. The van der Waals surface area contributed by atoms with Crippen molar-refractivity contribution < 1.29 is 32.2 Å². The number of benzene rings is 1. The van der Waals surface area contributed by atoms with Gasteiger partial charge in [0.2, 0.25) is 0 Å². The highest BCUT2D eigenvalue weighted by Crippen LogP contribution is 2.33. The number of alkyl halides is 3. The van der Waals surface area contributed by atoms with Crippen LogP contribution >= 0.6 is 0 Å². The molecule has 1 heterocycles. The molecule has 0 amide bonds.